The lowest BCUT2D eigenvalue weighted by Gasteiger charge is -2.06. The number of amides is 1. The molecule has 1 aromatic heterocycles. The highest BCUT2D eigenvalue weighted by molar-refractivity contribution is 5.96. The van der Waals surface area contributed by atoms with Crippen LogP contribution in [0.3, 0.4) is 0 Å². The van der Waals surface area contributed by atoms with Crippen molar-refractivity contribution < 1.29 is 4.79 Å². The second-order valence-electron chi connectivity index (χ2n) is 5.25. The fourth-order valence-electron chi connectivity index (χ4n) is 2.50. The van der Waals surface area contributed by atoms with Crippen LogP contribution in [-0.2, 0) is 11.2 Å². The van der Waals surface area contributed by atoms with E-state index in [1.807, 2.05) is 25.3 Å². The molecule has 3 aromatic rings. The summed E-state index contributed by atoms with van der Waals surface area (Å²) in [6, 6.07) is 15.2. The number of fused-ring (bicyclic) bond motifs is 1. The molecule has 0 saturated carbocycles. The van der Waals surface area contributed by atoms with Crippen molar-refractivity contribution >= 4 is 22.5 Å². The lowest BCUT2D eigenvalue weighted by Crippen LogP contribution is -2.15. The first-order valence-electron chi connectivity index (χ1n) is 7.03. The van der Waals surface area contributed by atoms with E-state index in [9.17, 15) is 4.79 Å². The predicted octanol–water partition coefficient (Wildman–Crippen LogP) is 3.53. The van der Waals surface area contributed by atoms with E-state index >= 15 is 0 Å². The lowest BCUT2D eigenvalue weighted by atomic mass is 10.1. The zero-order valence-corrected chi connectivity index (χ0v) is 12.2. The van der Waals surface area contributed by atoms with Crippen LogP contribution in [0.25, 0.3) is 10.9 Å². The molecule has 0 fully saturated rings. The summed E-state index contributed by atoms with van der Waals surface area (Å²) >= 11 is 0. The van der Waals surface area contributed by atoms with E-state index in [2.05, 4.69) is 22.4 Å². The number of nitriles is 1. The molecule has 4 heteroatoms. The van der Waals surface area contributed by atoms with Gasteiger partial charge in [0.1, 0.15) is 6.07 Å². The van der Waals surface area contributed by atoms with E-state index in [0.29, 0.717) is 11.3 Å². The molecule has 1 amide bonds. The summed E-state index contributed by atoms with van der Waals surface area (Å²) in [4.78, 5) is 15.4. The number of hydrogen-bond donors (Lipinski definition) is 2. The maximum atomic E-state index is 12.2. The predicted molar refractivity (Wildman–Crippen MR) is 86.5 cm³/mol. The highest BCUT2D eigenvalue weighted by Crippen LogP contribution is 2.21. The van der Waals surface area contributed by atoms with Crippen LogP contribution in [0.4, 0.5) is 5.69 Å². The van der Waals surface area contributed by atoms with E-state index in [1.54, 1.807) is 24.3 Å². The number of aryl methyl sites for hydroxylation is 1. The number of benzene rings is 2. The first-order valence-corrected chi connectivity index (χ1v) is 7.03. The average Bonchev–Trinajstić information content (AvgIpc) is 2.90. The molecule has 2 aromatic carbocycles. The molecule has 0 saturated heterocycles. The van der Waals surface area contributed by atoms with Gasteiger partial charge in [0.2, 0.25) is 5.91 Å². The van der Waals surface area contributed by atoms with Crippen molar-refractivity contribution in [2.45, 2.75) is 13.3 Å². The van der Waals surface area contributed by atoms with Gasteiger partial charge >= 0.3 is 0 Å². The van der Waals surface area contributed by atoms with Gasteiger partial charge in [-0.3, -0.25) is 4.79 Å². The highest BCUT2D eigenvalue weighted by Gasteiger charge is 2.10. The van der Waals surface area contributed by atoms with E-state index in [0.717, 1.165) is 22.0 Å². The van der Waals surface area contributed by atoms with Crippen molar-refractivity contribution in [3.63, 3.8) is 0 Å². The quantitative estimate of drug-likeness (QED) is 0.774. The molecule has 0 aliphatic carbocycles. The number of H-pyrrole nitrogens is 1. The van der Waals surface area contributed by atoms with Crippen molar-refractivity contribution in [2.75, 3.05) is 5.32 Å². The molecule has 22 heavy (non-hydrogen) atoms. The normalized spacial score (nSPS) is 10.4. The van der Waals surface area contributed by atoms with Crippen LogP contribution in [0.15, 0.2) is 48.7 Å². The van der Waals surface area contributed by atoms with Crippen molar-refractivity contribution in [1.29, 1.82) is 5.26 Å². The van der Waals surface area contributed by atoms with Gasteiger partial charge in [-0.25, -0.2) is 0 Å². The van der Waals surface area contributed by atoms with Crippen molar-refractivity contribution in [2.24, 2.45) is 0 Å². The largest absolute Gasteiger partial charge is 0.361 e. The minimum absolute atomic E-state index is 0.134. The second kappa shape index (κ2) is 5.74. The molecule has 0 aliphatic rings. The molecule has 0 unspecified atom stereocenters. The molecule has 4 nitrogen and oxygen atoms in total. The SMILES string of the molecule is Cc1ccc2[nH]cc(CC(=O)Nc3ccccc3C#N)c2c1. The molecular formula is C18H15N3O. The Kier molecular flexibility index (Phi) is 3.63. The standard InChI is InChI=1S/C18H15N3O/c1-12-6-7-17-15(8-12)14(11-20-17)9-18(22)21-16-5-3-2-4-13(16)10-19/h2-8,11,20H,9H2,1H3,(H,21,22). The van der Waals surface area contributed by atoms with Gasteiger partial charge in [0, 0.05) is 17.1 Å². The zero-order valence-electron chi connectivity index (χ0n) is 12.2. The number of carbonyl (C=O) groups excluding carboxylic acids is 1. The number of nitrogens with one attached hydrogen (secondary N) is 2. The van der Waals surface area contributed by atoms with Crippen LogP contribution >= 0.6 is 0 Å². The van der Waals surface area contributed by atoms with Gasteiger partial charge in [0.05, 0.1) is 17.7 Å². The summed E-state index contributed by atoms with van der Waals surface area (Å²) in [5.74, 6) is -0.134. The third-order valence-corrected chi connectivity index (χ3v) is 3.60. The van der Waals surface area contributed by atoms with Gasteiger partial charge in [-0.2, -0.15) is 5.26 Å². The third kappa shape index (κ3) is 2.70. The minimum atomic E-state index is -0.134. The summed E-state index contributed by atoms with van der Waals surface area (Å²) in [5, 5.41) is 12.9. The topological polar surface area (TPSA) is 68.7 Å². The summed E-state index contributed by atoms with van der Waals surface area (Å²) in [7, 11) is 0. The highest BCUT2D eigenvalue weighted by atomic mass is 16.1. The number of nitrogens with zero attached hydrogens (tertiary/aromatic N) is 1. The summed E-state index contributed by atoms with van der Waals surface area (Å²) < 4.78 is 0. The Hall–Kier alpha value is -3.06. The van der Waals surface area contributed by atoms with E-state index in [-0.39, 0.29) is 12.3 Å². The molecule has 0 spiro atoms. The summed E-state index contributed by atoms with van der Waals surface area (Å²) in [6.07, 6.45) is 2.13. The number of aromatic amines is 1. The second-order valence-corrected chi connectivity index (χ2v) is 5.25. The van der Waals surface area contributed by atoms with Crippen LogP contribution in [0.1, 0.15) is 16.7 Å². The van der Waals surface area contributed by atoms with Crippen molar-refractivity contribution in [1.82, 2.24) is 4.98 Å². The van der Waals surface area contributed by atoms with Gasteiger partial charge < -0.3 is 10.3 Å². The van der Waals surface area contributed by atoms with E-state index in [4.69, 9.17) is 5.26 Å². The fourth-order valence-corrected chi connectivity index (χ4v) is 2.50. The fraction of sp³-hybridized carbons (Fsp3) is 0.111. The smallest absolute Gasteiger partial charge is 0.228 e. The molecule has 3 rings (SSSR count). The Morgan fingerprint density at radius 3 is 2.91 bits per heavy atom. The van der Waals surface area contributed by atoms with Crippen LogP contribution in [0.5, 0.6) is 0 Å². The Balaban J connectivity index is 1.82. The van der Waals surface area contributed by atoms with Crippen LogP contribution < -0.4 is 5.32 Å². The van der Waals surface area contributed by atoms with Crippen LogP contribution in [0, 0.1) is 18.3 Å². The Morgan fingerprint density at radius 2 is 2.09 bits per heavy atom. The molecule has 0 atom stereocenters. The number of para-hydroxylation sites is 1. The maximum absolute atomic E-state index is 12.2. The molecule has 2 N–H and O–H groups in total. The van der Waals surface area contributed by atoms with Gasteiger partial charge in [-0.1, -0.05) is 23.8 Å². The van der Waals surface area contributed by atoms with Crippen molar-refractivity contribution in [3.05, 3.63) is 65.4 Å². The Morgan fingerprint density at radius 1 is 1.27 bits per heavy atom. The van der Waals surface area contributed by atoms with Crippen LogP contribution in [0.2, 0.25) is 0 Å². The third-order valence-electron chi connectivity index (χ3n) is 3.60. The van der Waals surface area contributed by atoms with E-state index < -0.39 is 0 Å². The van der Waals surface area contributed by atoms with Gasteiger partial charge in [-0.15, -0.1) is 0 Å². The molecule has 0 radical (unpaired) electrons. The van der Waals surface area contributed by atoms with Crippen LogP contribution in [-0.4, -0.2) is 10.9 Å². The van der Waals surface area contributed by atoms with E-state index in [1.165, 1.54) is 0 Å². The average molecular weight is 289 g/mol. The number of carbonyl (C=O) groups is 1. The Labute approximate surface area is 128 Å². The zero-order chi connectivity index (χ0) is 15.5. The monoisotopic (exact) mass is 289 g/mol. The minimum Gasteiger partial charge on any atom is -0.361 e. The summed E-state index contributed by atoms with van der Waals surface area (Å²) in [6.45, 7) is 2.03. The molecule has 0 bridgehead atoms. The number of aromatic nitrogens is 1. The number of rotatable bonds is 3. The van der Waals surface area contributed by atoms with Gasteiger partial charge in [-0.05, 0) is 36.8 Å². The first-order chi connectivity index (χ1) is 10.7. The molecule has 0 aliphatic heterocycles. The van der Waals surface area contributed by atoms with Gasteiger partial charge in [0.15, 0.2) is 0 Å². The molecular weight excluding hydrogens is 274 g/mol. The maximum Gasteiger partial charge on any atom is 0.228 e. The molecule has 108 valence electrons. The lowest BCUT2D eigenvalue weighted by molar-refractivity contribution is -0.115. The Bertz CT molecular complexity index is 887. The number of anilines is 1. The molecule has 1 heterocycles. The van der Waals surface area contributed by atoms with Crippen molar-refractivity contribution in [3.8, 4) is 6.07 Å². The number of hydrogen-bond acceptors (Lipinski definition) is 2. The summed E-state index contributed by atoms with van der Waals surface area (Å²) in [5.41, 5.74) is 4.14. The van der Waals surface area contributed by atoms with Gasteiger partial charge in [0.25, 0.3) is 0 Å². The first kappa shape index (κ1) is 13.9.